The Labute approximate surface area is 157 Å². The highest BCUT2D eigenvalue weighted by Crippen LogP contribution is 2.27. The predicted molar refractivity (Wildman–Crippen MR) is 99.2 cm³/mol. The summed E-state index contributed by atoms with van der Waals surface area (Å²) in [5.41, 5.74) is 0.680. The van der Waals surface area contributed by atoms with Gasteiger partial charge in [0, 0.05) is 56.4 Å². The van der Waals surface area contributed by atoms with Crippen LogP contribution < -0.4 is 0 Å². The van der Waals surface area contributed by atoms with Crippen LogP contribution in [0.3, 0.4) is 0 Å². The smallest absolute Gasteiger partial charge is 0.253 e. The molecular formula is C19H23N7O. The van der Waals surface area contributed by atoms with E-state index in [0.29, 0.717) is 18.7 Å². The molecule has 4 rings (SSSR count). The molecule has 0 saturated carbocycles. The standard InChI is InChI=1S/C19H23N7O/c1-14-21-9-11-25(14)13-17-22-23-18(24(17)2)16-4-3-10-26(12-16)19(27)15-5-7-20-8-6-15/h5-9,11,16H,3-4,10,12-13H2,1-2H3. The van der Waals surface area contributed by atoms with Crippen LogP contribution in [0.4, 0.5) is 0 Å². The van der Waals surface area contributed by atoms with Gasteiger partial charge in [0.15, 0.2) is 5.82 Å². The molecule has 1 aliphatic heterocycles. The molecule has 0 spiro atoms. The van der Waals surface area contributed by atoms with E-state index in [1.807, 2.05) is 29.6 Å². The zero-order chi connectivity index (χ0) is 18.8. The Morgan fingerprint density at radius 1 is 1.22 bits per heavy atom. The molecule has 1 fully saturated rings. The van der Waals surface area contributed by atoms with E-state index < -0.39 is 0 Å². The van der Waals surface area contributed by atoms with E-state index in [1.54, 1.807) is 30.7 Å². The first-order chi connectivity index (χ1) is 13.1. The number of hydrogen-bond donors (Lipinski definition) is 0. The number of rotatable bonds is 4. The number of nitrogens with zero attached hydrogens (tertiary/aromatic N) is 7. The van der Waals surface area contributed by atoms with Crippen molar-refractivity contribution in [2.24, 2.45) is 7.05 Å². The zero-order valence-electron chi connectivity index (χ0n) is 15.6. The third-order valence-corrected chi connectivity index (χ3v) is 5.24. The maximum atomic E-state index is 12.8. The number of piperidine rings is 1. The Balaban J connectivity index is 1.50. The lowest BCUT2D eigenvalue weighted by atomic mass is 9.96. The van der Waals surface area contributed by atoms with E-state index in [1.165, 1.54) is 0 Å². The van der Waals surface area contributed by atoms with Gasteiger partial charge < -0.3 is 14.0 Å². The van der Waals surface area contributed by atoms with Crippen LogP contribution >= 0.6 is 0 Å². The van der Waals surface area contributed by atoms with Gasteiger partial charge in [-0.3, -0.25) is 9.78 Å². The number of carbonyl (C=O) groups is 1. The van der Waals surface area contributed by atoms with Crippen LogP contribution in [0.25, 0.3) is 0 Å². The molecule has 8 heteroatoms. The second kappa shape index (κ2) is 7.30. The summed E-state index contributed by atoms with van der Waals surface area (Å²) in [5, 5.41) is 8.83. The van der Waals surface area contributed by atoms with Gasteiger partial charge in [0.1, 0.15) is 11.6 Å². The number of imidazole rings is 1. The zero-order valence-corrected chi connectivity index (χ0v) is 15.6. The molecule has 8 nitrogen and oxygen atoms in total. The van der Waals surface area contributed by atoms with E-state index >= 15 is 0 Å². The molecule has 3 aromatic rings. The van der Waals surface area contributed by atoms with Crippen molar-refractivity contribution >= 4 is 5.91 Å². The van der Waals surface area contributed by atoms with Crippen molar-refractivity contribution in [3.05, 3.63) is 60.0 Å². The molecule has 1 atom stereocenters. The fraction of sp³-hybridized carbons (Fsp3) is 0.421. The molecule has 1 saturated heterocycles. The van der Waals surface area contributed by atoms with Gasteiger partial charge in [0.2, 0.25) is 0 Å². The molecule has 4 heterocycles. The second-order valence-corrected chi connectivity index (χ2v) is 6.96. The SMILES string of the molecule is Cc1nccn1Cc1nnc(C2CCCN(C(=O)c3ccncc3)C2)n1C. The van der Waals surface area contributed by atoms with E-state index in [9.17, 15) is 4.79 Å². The molecule has 1 aliphatic rings. The molecule has 0 aromatic carbocycles. The van der Waals surface area contributed by atoms with Gasteiger partial charge in [-0.15, -0.1) is 10.2 Å². The number of pyridine rings is 1. The molecular weight excluding hydrogens is 342 g/mol. The molecule has 0 radical (unpaired) electrons. The Hall–Kier alpha value is -3.03. The van der Waals surface area contributed by atoms with Crippen LogP contribution in [0.1, 0.15) is 46.6 Å². The van der Waals surface area contributed by atoms with Crippen molar-refractivity contribution in [2.45, 2.75) is 32.2 Å². The average Bonchev–Trinajstić information content (AvgIpc) is 3.28. The molecule has 0 aliphatic carbocycles. The lowest BCUT2D eigenvalue weighted by Gasteiger charge is -2.32. The van der Waals surface area contributed by atoms with Crippen molar-refractivity contribution in [1.82, 2.24) is 34.2 Å². The topological polar surface area (TPSA) is 81.7 Å². The summed E-state index contributed by atoms with van der Waals surface area (Å²) in [6.07, 6.45) is 9.01. The fourth-order valence-electron chi connectivity index (χ4n) is 3.64. The summed E-state index contributed by atoms with van der Waals surface area (Å²) < 4.78 is 4.11. The number of aromatic nitrogens is 6. The van der Waals surface area contributed by atoms with Crippen LogP contribution in [0.2, 0.25) is 0 Å². The van der Waals surface area contributed by atoms with Gasteiger partial charge >= 0.3 is 0 Å². The van der Waals surface area contributed by atoms with Gasteiger partial charge in [-0.25, -0.2) is 4.98 Å². The minimum absolute atomic E-state index is 0.0542. The Bertz CT molecular complexity index is 931. The third-order valence-electron chi connectivity index (χ3n) is 5.24. The van der Waals surface area contributed by atoms with Gasteiger partial charge in [-0.1, -0.05) is 0 Å². The maximum Gasteiger partial charge on any atom is 0.253 e. The Kier molecular flexibility index (Phi) is 4.70. The van der Waals surface area contributed by atoms with Crippen molar-refractivity contribution in [1.29, 1.82) is 0 Å². The van der Waals surface area contributed by atoms with Crippen molar-refractivity contribution in [2.75, 3.05) is 13.1 Å². The quantitative estimate of drug-likeness (QED) is 0.704. The molecule has 27 heavy (non-hydrogen) atoms. The Morgan fingerprint density at radius 2 is 2.04 bits per heavy atom. The van der Waals surface area contributed by atoms with E-state index in [2.05, 4.69) is 24.7 Å². The maximum absolute atomic E-state index is 12.8. The van der Waals surface area contributed by atoms with Crippen molar-refractivity contribution in [3.63, 3.8) is 0 Å². The minimum atomic E-state index is 0.0542. The molecule has 0 N–H and O–H groups in total. The molecule has 0 bridgehead atoms. The lowest BCUT2D eigenvalue weighted by Crippen LogP contribution is -2.39. The summed E-state index contributed by atoms with van der Waals surface area (Å²) in [6.45, 7) is 4.05. The highest BCUT2D eigenvalue weighted by molar-refractivity contribution is 5.94. The van der Waals surface area contributed by atoms with Gasteiger partial charge in [-0.05, 0) is 31.9 Å². The highest BCUT2D eigenvalue weighted by atomic mass is 16.2. The molecule has 140 valence electrons. The number of likely N-dealkylation sites (tertiary alicyclic amines) is 1. The van der Waals surface area contributed by atoms with Gasteiger partial charge in [0.05, 0.1) is 6.54 Å². The van der Waals surface area contributed by atoms with Crippen molar-refractivity contribution < 1.29 is 4.79 Å². The fourth-order valence-corrected chi connectivity index (χ4v) is 3.64. The largest absolute Gasteiger partial charge is 0.338 e. The summed E-state index contributed by atoms with van der Waals surface area (Å²) >= 11 is 0. The summed E-state index contributed by atoms with van der Waals surface area (Å²) in [7, 11) is 2.00. The second-order valence-electron chi connectivity index (χ2n) is 6.96. The predicted octanol–water partition coefficient (Wildman–Crippen LogP) is 1.78. The number of amides is 1. The first-order valence-corrected chi connectivity index (χ1v) is 9.18. The van der Waals surface area contributed by atoms with Crippen LogP contribution in [-0.2, 0) is 13.6 Å². The number of hydrogen-bond acceptors (Lipinski definition) is 5. The molecule has 3 aromatic heterocycles. The van der Waals surface area contributed by atoms with Crippen molar-refractivity contribution in [3.8, 4) is 0 Å². The van der Waals surface area contributed by atoms with E-state index in [-0.39, 0.29) is 11.8 Å². The van der Waals surface area contributed by atoms with Gasteiger partial charge in [-0.2, -0.15) is 0 Å². The monoisotopic (exact) mass is 365 g/mol. The Morgan fingerprint density at radius 3 is 2.78 bits per heavy atom. The minimum Gasteiger partial charge on any atom is -0.338 e. The summed E-state index contributed by atoms with van der Waals surface area (Å²) in [5.74, 6) is 3.03. The number of carbonyl (C=O) groups excluding carboxylic acids is 1. The van der Waals surface area contributed by atoms with Crippen LogP contribution in [0.5, 0.6) is 0 Å². The third kappa shape index (κ3) is 3.47. The normalized spacial score (nSPS) is 17.3. The molecule has 1 unspecified atom stereocenters. The first kappa shape index (κ1) is 17.4. The lowest BCUT2D eigenvalue weighted by molar-refractivity contribution is 0.0703. The van der Waals surface area contributed by atoms with E-state index in [0.717, 1.165) is 36.9 Å². The van der Waals surface area contributed by atoms with Crippen LogP contribution in [-0.4, -0.2) is 53.2 Å². The highest BCUT2D eigenvalue weighted by Gasteiger charge is 2.29. The molecule has 1 amide bonds. The number of aryl methyl sites for hydroxylation is 1. The average molecular weight is 365 g/mol. The van der Waals surface area contributed by atoms with Gasteiger partial charge in [0.25, 0.3) is 5.91 Å². The first-order valence-electron chi connectivity index (χ1n) is 9.18. The van der Waals surface area contributed by atoms with Crippen LogP contribution in [0.15, 0.2) is 36.9 Å². The van der Waals surface area contributed by atoms with Crippen LogP contribution in [0, 0.1) is 6.92 Å². The summed E-state index contributed by atoms with van der Waals surface area (Å²) in [6, 6.07) is 3.53. The van der Waals surface area contributed by atoms with E-state index in [4.69, 9.17) is 0 Å². The summed E-state index contributed by atoms with van der Waals surface area (Å²) in [4.78, 5) is 22.9.